The number of halogens is 3. The molecule has 0 aliphatic heterocycles. The third-order valence-electron chi connectivity index (χ3n) is 1.91. The van der Waals surface area contributed by atoms with E-state index in [1.165, 1.54) is 6.07 Å². The predicted molar refractivity (Wildman–Crippen MR) is 44.9 cm³/mol. The van der Waals surface area contributed by atoms with Gasteiger partial charge < -0.3 is 0 Å². The zero-order valence-electron chi connectivity index (χ0n) is 7.41. The van der Waals surface area contributed by atoms with E-state index in [2.05, 4.69) is 0 Å². The Kier molecular flexibility index (Phi) is 3.34. The van der Waals surface area contributed by atoms with Crippen LogP contribution in [0.15, 0.2) is 12.1 Å². The van der Waals surface area contributed by atoms with Crippen molar-refractivity contribution in [1.29, 1.82) is 0 Å². The lowest BCUT2D eigenvalue weighted by molar-refractivity contribution is 0.440. The lowest BCUT2D eigenvalue weighted by Crippen LogP contribution is -1.97. The van der Waals surface area contributed by atoms with Crippen LogP contribution in [0.1, 0.15) is 25.3 Å². The van der Waals surface area contributed by atoms with Gasteiger partial charge in [-0.1, -0.05) is 19.4 Å². The van der Waals surface area contributed by atoms with Crippen molar-refractivity contribution >= 4 is 0 Å². The number of benzene rings is 1. The molecule has 0 amide bonds. The van der Waals surface area contributed by atoms with Gasteiger partial charge in [0.15, 0.2) is 17.5 Å². The Balaban J connectivity index is 2.90. The van der Waals surface area contributed by atoms with Crippen molar-refractivity contribution in [3.8, 4) is 0 Å². The minimum atomic E-state index is -1.37. The fraction of sp³-hybridized carbons (Fsp3) is 0.400. The molecule has 1 rings (SSSR count). The lowest BCUT2D eigenvalue weighted by atomic mass is 10.1. The summed E-state index contributed by atoms with van der Waals surface area (Å²) in [6, 6.07) is 2.26. The third-order valence-corrected chi connectivity index (χ3v) is 1.91. The molecule has 0 heterocycles. The van der Waals surface area contributed by atoms with Crippen LogP contribution < -0.4 is 0 Å². The van der Waals surface area contributed by atoms with Crippen LogP contribution in [0.25, 0.3) is 0 Å². The summed E-state index contributed by atoms with van der Waals surface area (Å²) in [6.07, 6.45) is 2.14. The third kappa shape index (κ3) is 2.23. The van der Waals surface area contributed by atoms with Gasteiger partial charge in [0.2, 0.25) is 0 Å². The lowest BCUT2D eigenvalue weighted by Gasteiger charge is -2.02. The summed E-state index contributed by atoms with van der Waals surface area (Å²) in [6.45, 7) is 1.96. The van der Waals surface area contributed by atoms with E-state index < -0.39 is 17.5 Å². The number of aryl methyl sites for hydroxylation is 1. The van der Waals surface area contributed by atoms with E-state index in [0.29, 0.717) is 6.42 Å². The van der Waals surface area contributed by atoms with Gasteiger partial charge in [0, 0.05) is 0 Å². The summed E-state index contributed by atoms with van der Waals surface area (Å²) in [5.41, 5.74) is 0.251. The zero-order chi connectivity index (χ0) is 9.84. The van der Waals surface area contributed by atoms with Gasteiger partial charge in [-0.25, -0.2) is 13.2 Å². The fourth-order valence-electron chi connectivity index (χ4n) is 1.13. The highest BCUT2D eigenvalue weighted by Gasteiger charge is 2.12. The average Bonchev–Trinajstić information content (AvgIpc) is 2.13. The maximum atomic E-state index is 13.0. The van der Waals surface area contributed by atoms with Gasteiger partial charge in [-0.05, 0) is 24.5 Å². The molecule has 13 heavy (non-hydrogen) atoms. The van der Waals surface area contributed by atoms with Crippen LogP contribution in [0.4, 0.5) is 13.2 Å². The molecule has 3 heteroatoms. The molecule has 0 bridgehead atoms. The first-order chi connectivity index (χ1) is 6.16. The van der Waals surface area contributed by atoms with E-state index in [-0.39, 0.29) is 5.56 Å². The summed E-state index contributed by atoms with van der Waals surface area (Å²) in [4.78, 5) is 0. The van der Waals surface area contributed by atoms with E-state index in [0.717, 1.165) is 18.9 Å². The summed E-state index contributed by atoms with van der Waals surface area (Å²) in [5, 5.41) is 0. The summed E-state index contributed by atoms with van der Waals surface area (Å²) < 4.78 is 38.1. The molecule has 0 saturated carbocycles. The molecule has 0 saturated heterocycles. The van der Waals surface area contributed by atoms with Crippen molar-refractivity contribution in [2.75, 3.05) is 0 Å². The average molecular weight is 188 g/mol. The first-order valence-corrected chi connectivity index (χ1v) is 4.29. The summed E-state index contributed by atoms with van der Waals surface area (Å²) in [5.74, 6) is -3.54. The van der Waals surface area contributed by atoms with E-state index in [4.69, 9.17) is 0 Å². The Bertz CT molecular complexity index is 294. The molecular weight excluding hydrogens is 177 g/mol. The monoisotopic (exact) mass is 188 g/mol. The quantitative estimate of drug-likeness (QED) is 0.637. The Morgan fingerprint density at radius 1 is 1.08 bits per heavy atom. The van der Waals surface area contributed by atoms with E-state index in [9.17, 15) is 13.2 Å². The molecule has 0 aliphatic rings. The maximum Gasteiger partial charge on any atom is 0.194 e. The second-order valence-corrected chi connectivity index (χ2v) is 2.94. The molecule has 0 aromatic heterocycles. The van der Waals surface area contributed by atoms with Crippen molar-refractivity contribution in [3.63, 3.8) is 0 Å². The number of hydrogen-bond donors (Lipinski definition) is 0. The largest absolute Gasteiger partial charge is 0.204 e. The van der Waals surface area contributed by atoms with Crippen molar-refractivity contribution in [1.82, 2.24) is 0 Å². The van der Waals surface area contributed by atoms with Crippen LogP contribution in [0.3, 0.4) is 0 Å². The minimum absolute atomic E-state index is 0.251. The maximum absolute atomic E-state index is 13.0. The van der Waals surface area contributed by atoms with Gasteiger partial charge in [-0.2, -0.15) is 0 Å². The normalized spacial score (nSPS) is 10.5. The van der Waals surface area contributed by atoms with Crippen molar-refractivity contribution in [2.24, 2.45) is 0 Å². The van der Waals surface area contributed by atoms with Crippen LogP contribution in [0.2, 0.25) is 0 Å². The topological polar surface area (TPSA) is 0 Å². The van der Waals surface area contributed by atoms with E-state index in [1.807, 2.05) is 6.92 Å². The first kappa shape index (κ1) is 10.1. The Labute approximate surface area is 75.4 Å². The molecule has 0 fully saturated rings. The molecule has 0 atom stereocenters. The minimum Gasteiger partial charge on any atom is -0.204 e. The number of hydrogen-bond acceptors (Lipinski definition) is 0. The van der Waals surface area contributed by atoms with Crippen molar-refractivity contribution in [3.05, 3.63) is 35.1 Å². The van der Waals surface area contributed by atoms with Gasteiger partial charge in [-0.3, -0.25) is 0 Å². The Morgan fingerprint density at radius 2 is 1.77 bits per heavy atom. The van der Waals surface area contributed by atoms with Crippen LogP contribution >= 0.6 is 0 Å². The molecule has 0 unspecified atom stereocenters. The Hall–Kier alpha value is -0.990. The molecular formula is C10H11F3. The van der Waals surface area contributed by atoms with Gasteiger partial charge in [0.05, 0.1) is 0 Å². The summed E-state index contributed by atoms with van der Waals surface area (Å²) in [7, 11) is 0. The van der Waals surface area contributed by atoms with Gasteiger partial charge >= 0.3 is 0 Å². The molecule has 72 valence electrons. The molecule has 0 spiro atoms. The highest BCUT2D eigenvalue weighted by Crippen LogP contribution is 2.16. The molecule has 1 aromatic rings. The molecule has 0 nitrogen and oxygen atoms in total. The SMILES string of the molecule is CCCCc1ccc(F)c(F)c1F. The standard InChI is InChI=1S/C10H11F3/c1-2-3-4-7-5-6-8(11)10(13)9(7)12/h5-6H,2-4H2,1H3. The van der Waals surface area contributed by atoms with Crippen molar-refractivity contribution < 1.29 is 13.2 Å². The zero-order valence-corrected chi connectivity index (χ0v) is 7.41. The second kappa shape index (κ2) is 4.30. The van der Waals surface area contributed by atoms with Crippen LogP contribution in [0.5, 0.6) is 0 Å². The van der Waals surface area contributed by atoms with Crippen LogP contribution in [-0.4, -0.2) is 0 Å². The fourth-order valence-corrected chi connectivity index (χ4v) is 1.13. The molecule has 0 aliphatic carbocycles. The van der Waals surface area contributed by atoms with E-state index in [1.54, 1.807) is 0 Å². The highest BCUT2D eigenvalue weighted by atomic mass is 19.2. The van der Waals surface area contributed by atoms with Gasteiger partial charge in [0.25, 0.3) is 0 Å². The molecule has 1 aromatic carbocycles. The predicted octanol–water partition coefficient (Wildman–Crippen LogP) is 3.45. The highest BCUT2D eigenvalue weighted by molar-refractivity contribution is 5.20. The Morgan fingerprint density at radius 3 is 2.38 bits per heavy atom. The van der Waals surface area contributed by atoms with Gasteiger partial charge in [-0.15, -0.1) is 0 Å². The molecule has 0 N–H and O–H groups in total. The number of rotatable bonds is 3. The van der Waals surface area contributed by atoms with Crippen LogP contribution in [0, 0.1) is 17.5 Å². The van der Waals surface area contributed by atoms with Crippen molar-refractivity contribution in [2.45, 2.75) is 26.2 Å². The first-order valence-electron chi connectivity index (χ1n) is 4.29. The molecule has 0 radical (unpaired) electrons. The van der Waals surface area contributed by atoms with E-state index >= 15 is 0 Å². The number of unbranched alkanes of at least 4 members (excludes halogenated alkanes) is 1. The van der Waals surface area contributed by atoms with Gasteiger partial charge in [0.1, 0.15) is 0 Å². The summed E-state index contributed by atoms with van der Waals surface area (Å²) >= 11 is 0. The van der Waals surface area contributed by atoms with Crippen LogP contribution in [-0.2, 0) is 6.42 Å². The second-order valence-electron chi connectivity index (χ2n) is 2.94. The smallest absolute Gasteiger partial charge is 0.194 e.